The van der Waals surface area contributed by atoms with Gasteiger partial charge in [-0.15, -0.1) is 0 Å². The third-order valence-electron chi connectivity index (χ3n) is 3.74. The number of ether oxygens (including phenoxy) is 1. The Morgan fingerprint density at radius 2 is 1.89 bits per heavy atom. The first kappa shape index (κ1) is 19.9. The second kappa shape index (κ2) is 9.33. The van der Waals surface area contributed by atoms with Gasteiger partial charge in [-0.1, -0.05) is 37.8 Å². The monoisotopic (exact) mass is 368 g/mol. The van der Waals surface area contributed by atoms with Crippen molar-refractivity contribution in [2.75, 3.05) is 0 Å². The lowest BCUT2D eigenvalue weighted by Crippen LogP contribution is -2.24. The highest BCUT2D eigenvalue weighted by molar-refractivity contribution is 5.93. The maximum atomic E-state index is 13.6. The number of aromatic amines is 1. The van der Waals surface area contributed by atoms with Crippen LogP contribution < -0.4 is 15.6 Å². The van der Waals surface area contributed by atoms with E-state index in [9.17, 15) is 14.0 Å². The summed E-state index contributed by atoms with van der Waals surface area (Å²) < 4.78 is 19.2. The van der Waals surface area contributed by atoms with Crippen LogP contribution in [0, 0.1) is 5.82 Å². The Morgan fingerprint density at radius 1 is 1.07 bits per heavy atom. The molecule has 5 nitrogen and oxygen atoms in total. The summed E-state index contributed by atoms with van der Waals surface area (Å²) >= 11 is 0. The average molecular weight is 368 g/mol. The molecule has 0 aliphatic heterocycles. The number of benzene rings is 2. The molecule has 27 heavy (non-hydrogen) atoms. The first-order chi connectivity index (χ1) is 12.6. The molecule has 0 unspecified atom stereocenters. The molecule has 0 aliphatic rings. The van der Waals surface area contributed by atoms with E-state index in [1.54, 1.807) is 36.4 Å². The van der Waals surface area contributed by atoms with Gasteiger partial charge in [0.1, 0.15) is 18.2 Å². The van der Waals surface area contributed by atoms with Crippen molar-refractivity contribution < 1.29 is 13.9 Å². The van der Waals surface area contributed by atoms with Gasteiger partial charge < -0.3 is 15.0 Å². The molecule has 1 amide bonds. The number of carbonyl (C=O) groups excluding carboxylic acids is 1. The second-order valence-corrected chi connectivity index (χ2v) is 5.65. The molecule has 1 heterocycles. The number of H-pyrrole nitrogens is 1. The molecule has 0 bridgehead atoms. The van der Waals surface area contributed by atoms with Crippen LogP contribution in [0.4, 0.5) is 4.39 Å². The maximum absolute atomic E-state index is 13.6. The zero-order valence-corrected chi connectivity index (χ0v) is 13.9. The Labute approximate surface area is 156 Å². The summed E-state index contributed by atoms with van der Waals surface area (Å²) in [5.41, 5.74) is 1.26. The van der Waals surface area contributed by atoms with Crippen molar-refractivity contribution >= 4 is 5.91 Å². The molecule has 2 aromatic carbocycles. The lowest BCUT2D eigenvalue weighted by Gasteiger charge is -2.10. The highest BCUT2D eigenvalue weighted by Crippen LogP contribution is 2.16. The minimum Gasteiger partial charge on any atom is -0.489 e. The lowest BCUT2D eigenvalue weighted by atomic mass is 10.2. The zero-order valence-electron chi connectivity index (χ0n) is 13.9. The molecule has 2 N–H and O–H groups in total. The average Bonchev–Trinajstić information content (AvgIpc) is 2.66. The third-order valence-corrected chi connectivity index (χ3v) is 3.74. The van der Waals surface area contributed by atoms with Crippen LogP contribution in [0.1, 0.15) is 28.9 Å². The fourth-order valence-corrected chi connectivity index (χ4v) is 2.39. The molecule has 0 spiro atoms. The number of pyridine rings is 1. The molecule has 0 radical (unpaired) electrons. The van der Waals surface area contributed by atoms with E-state index in [0.717, 1.165) is 5.56 Å². The summed E-state index contributed by atoms with van der Waals surface area (Å²) in [6.45, 7) is 0.401. The van der Waals surface area contributed by atoms with Crippen molar-refractivity contribution in [2.45, 2.75) is 20.6 Å². The first-order valence-electron chi connectivity index (χ1n) is 8.04. The summed E-state index contributed by atoms with van der Waals surface area (Å²) in [6, 6.07) is 16.4. The van der Waals surface area contributed by atoms with Crippen LogP contribution >= 0.6 is 0 Å². The molecule has 0 saturated heterocycles. The number of hydrogen-bond donors (Lipinski definition) is 2. The van der Waals surface area contributed by atoms with E-state index in [1.165, 1.54) is 24.4 Å². The molecular formula is C21H21FN2O3. The van der Waals surface area contributed by atoms with Crippen LogP contribution in [0.2, 0.25) is 0 Å². The minimum absolute atomic E-state index is 0. The highest BCUT2D eigenvalue weighted by Gasteiger charge is 2.06. The van der Waals surface area contributed by atoms with Gasteiger partial charge in [0.05, 0.1) is 0 Å². The first-order valence-corrected chi connectivity index (χ1v) is 8.04. The maximum Gasteiger partial charge on any atom is 0.251 e. The summed E-state index contributed by atoms with van der Waals surface area (Å²) in [6.07, 6.45) is 1.43. The Morgan fingerprint density at radius 3 is 2.67 bits per heavy atom. The number of nitrogens with one attached hydrogen (secondary N) is 2. The Kier molecular flexibility index (Phi) is 6.88. The number of hydrogen-bond acceptors (Lipinski definition) is 3. The second-order valence-electron chi connectivity index (χ2n) is 5.65. The Bertz CT molecular complexity index is 969. The number of amides is 1. The van der Waals surface area contributed by atoms with Gasteiger partial charge >= 0.3 is 0 Å². The number of halogens is 1. The molecule has 3 rings (SSSR count). The van der Waals surface area contributed by atoms with E-state index >= 15 is 0 Å². The van der Waals surface area contributed by atoms with Gasteiger partial charge in [0, 0.05) is 29.9 Å². The van der Waals surface area contributed by atoms with E-state index in [4.69, 9.17) is 4.74 Å². The van der Waals surface area contributed by atoms with Gasteiger partial charge in [-0.05, 0) is 29.8 Å². The fraction of sp³-hybridized carbons (Fsp3) is 0.143. The van der Waals surface area contributed by atoms with Gasteiger partial charge in [0.15, 0.2) is 0 Å². The van der Waals surface area contributed by atoms with Crippen LogP contribution in [-0.4, -0.2) is 10.9 Å². The van der Waals surface area contributed by atoms with Gasteiger partial charge in [-0.3, -0.25) is 9.59 Å². The molecular weight excluding hydrogens is 347 g/mol. The van der Waals surface area contributed by atoms with Crippen molar-refractivity contribution in [3.8, 4) is 5.75 Å². The van der Waals surface area contributed by atoms with Crippen LogP contribution in [0.25, 0.3) is 0 Å². The molecule has 6 heteroatoms. The molecule has 1 aromatic heterocycles. The standard InChI is InChI=1S/C20H17FN2O3.CH4/c21-18-7-2-1-5-16(18)13-26-17-6-3-4-14(10-17)12-23-20(25)15-8-9-22-19(24)11-15;/h1-11H,12-13H2,(H,22,24)(H,23,25);1H4. The van der Waals surface area contributed by atoms with Crippen molar-refractivity contribution in [1.29, 1.82) is 0 Å². The van der Waals surface area contributed by atoms with Crippen LogP contribution in [-0.2, 0) is 13.2 Å². The van der Waals surface area contributed by atoms with Gasteiger partial charge in [-0.2, -0.15) is 0 Å². The molecule has 3 aromatic rings. The minimum atomic E-state index is -0.339. The SMILES string of the molecule is C.O=C(NCc1cccc(OCc2ccccc2F)c1)c1cc[nH]c(=O)c1. The largest absolute Gasteiger partial charge is 0.489 e. The van der Waals surface area contributed by atoms with E-state index in [2.05, 4.69) is 10.3 Å². The lowest BCUT2D eigenvalue weighted by molar-refractivity contribution is 0.0950. The number of rotatable bonds is 6. The van der Waals surface area contributed by atoms with Crippen molar-refractivity contribution in [3.05, 3.63) is 99.7 Å². The zero-order chi connectivity index (χ0) is 18.4. The number of carbonyl (C=O) groups is 1. The normalized spacial score (nSPS) is 9.96. The third kappa shape index (κ3) is 5.54. The van der Waals surface area contributed by atoms with Crippen molar-refractivity contribution in [1.82, 2.24) is 10.3 Å². The molecule has 0 aliphatic carbocycles. The van der Waals surface area contributed by atoms with E-state index < -0.39 is 0 Å². The molecule has 0 saturated carbocycles. The Balaban J connectivity index is 0.00000261. The summed E-state index contributed by atoms with van der Waals surface area (Å²) in [5.74, 6) is -0.0706. The molecule has 140 valence electrons. The topological polar surface area (TPSA) is 71.2 Å². The quantitative estimate of drug-likeness (QED) is 0.698. The van der Waals surface area contributed by atoms with E-state index in [0.29, 0.717) is 16.9 Å². The smallest absolute Gasteiger partial charge is 0.251 e. The molecule has 0 fully saturated rings. The van der Waals surface area contributed by atoms with E-state index in [-0.39, 0.29) is 37.9 Å². The van der Waals surface area contributed by atoms with Gasteiger partial charge in [0.25, 0.3) is 5.91 Å². The van der Waals surface area contributed by atoms with Crippen LogP contribution in [0.5, 0.6) is 5.75 Å². The van der Waals surface area contributed by atoms with Crippen molar-refractivity contribution in [2.24, 2.45) is 0 Å². The van der Waals surface area contributed by atoms with Gasteiger partial charge in [-0.25, -0.2) is 4.39 Å². The van der Waals surface area contributed by atoms with Crippen molar-refractivity contribution in [3.63, 3.8) is 0 Å². The summed E-state index contributed by atoms with van der Waals surface area (Å²) in [5, 5.41) is 2.75. The summed E-state index contributed by atoms with van der Waals surface area (Å²) in [7, 11) is 0. The highest BCUT2D eigenvalue weighted by atomic mass is 19.1. The van der Waals surface area contributed by atoms with Gasteiger partial charge in [0.2, 0.25) is 5.56 Å². The number of aromatic nitrogens is 1. The summed E-state index contributed by atoms with van der Waals surface area (Å²) in [4.78, 5) is 25.8. The molecule has 0 atom stereocenters. The fourth-order valence-electron chi connectivity index (χ4n) is 2.39. The van der Waals surface area contributed by atoms with E-state index in [1.807, 2.05) is 6.07 Å². The van der Waals surface area contributed by atoms with Crippen LogP contribution in [0.3, 0.4) is 0 Å². The predicted octanol–water partition coefficient (Wildman–Crippen LogP) is 3.66. The van der Waals surface area contributed by atoms with Crippen LogP contribution in [0.15, 0.2) is 71.7 Å². The predicted molar refractivity (Wildman–Crippen MR) is 102 cm³/mol. The Hall–Kier alpha value is -3.41.